The molecule has 0 bridgehead atoms. The van der Waals surface area contributed by atoms with Crippen LogP contribution in [0.15, 0.2) is 11.2 Å². The quantitative estimate of drug-likeness (QED) is 0.579. The van der Waals surface area contributed by atoms with Gasteiger partial charge in [0, 0.05) is 13.2 Å². The summed E-state index contributed by atoms with van der Waals surface area (Å²) in [5, 5.41) is 9.42. The van der Waals surface area contributed by atoms with Crippen LogP contribution < -0.4 is 5.32 Å². The van der Waals surface area contributed by atoms with Crippen molar-refractivity contribution in [2.24, 2.45) is 0 Å². The Labute approximate surface area is 58.0 Å². The average Bonchev–Trinajstić information content (AvgIpc) is 1.67. The first-order valence-corrected chi connectivity index (χ1v) is 2.71. The zero-order chi connectivity index (χ0) is 6.57. The molecule has 0 atom stereocenters. The summed E-state index contributed by atoms with van der Waals surface area (Å²) in [6.07, 6.45) is 1.44. The van der Waals surface area contributed by atoms with Crippen molar-refractivity contribution in [3.63, 3.8) is 0 Å². The second-order valence-electron chi connectivity index (χ2n) is 1.09. The predicted molar refractivity (Wildman–Crippen MR) is 36.6 cm³/mol. The Balaban J connectivity index is 3.80. The van der Waals surface area contributed by atoms with Crippen molar-refractivity contribution in [1.82, 2.24) is 5.32 Å². The Bertz CT molecular complexity index is 119. The number of hydrogen-bond acceptors (Lipinski definition) is 2. The Morgan fingerprint density at radius 1 is 1.62 bits per heavy atom. The summed E-state index contributed by atoms with van der Waals surface area (Å²) in [5.74, 6) is 0. The van der Waals surface area contributed by atoms with Crippen LogP contribution in [0.2, 0.25) is 0 Å². The Kier molecular flexibility index (Phi) is 3.65. The average molecular weight is 153 g/mol. The first-order valence-electron chi connectivity index (χ1n) is 1.96. The second-order valence-corrected chi connectivity index (χ2v) is 1.88. The molecule has 0 aromatic heterocycles. The van der Waals surface area contributed by atoms with Gasteiger partial charge < -0.3 is 5.32 Å². The maximum atomic E-state index is 6.73. The molecule has 0 radical (unpaired) electrons. The highest BCUT2D eigenvalue weighted by Gasteiger charge is 1.92. The molecule has 46 valence electrons. The number of nitrogens with one attached hydrogen (secondary N) is 2. The van der Waals surface area contributed by atoms with Crippen LogP contribution in [0.25, 0.3) is 0 Å². The van der Waals surface area contributed by atoms with Gasteiger partial charge in [-0.2, -0.15) is 0 Å². The van der Waals surface area contributed by atoms with Gasteiger partial charge in [-0.25, -0.2) is 0 Å². The van der Waals surface area contributed by atoms with Crippen LogP contribution in [0, 0.1) is 5.41 Å². The van der Waals surface area contributed by atoms with Gasteiger partial charge in [-0.15, -0.1) is 0 Å². The molecular weight excluding hydrogens is 147 g/mol. The molecule has 0 heterocycles. The molecule has 0 aromatic carbocycles. The van der Waals surface area contributed by atoms with Crippen LogP contribution in [0.3, 0.4) is 0 Å². The van der Waals surface area contributed by atoms with E-state index in [-0.39, 0.29) is 10.2 Å². The third kappa shape index (κ3) is 2.88. The molecule has 0 unspecified atom stereocenters. The summed E-state index contributed by atoms with van der Waals surface area (Å²) in [5.41, 5.74) is 0. The van der Waals surface area contributed by atoms with E-state index in [0.717, 1.165) is 0 Å². The topological polar surface area (TPSA) is 35.9 Å². The SMILES string of the molecule is CN/C=C(/Cl)C(=N)Cl. The van der Waals surface area contributed by atoms with E-state index in [4.69, 9.17) is 28.6 Å². The molecule has 0 aliphatic carbocycles. The van der Waals surface area contributed by atoms with Gasteiger partial charge in [-0.3, -0.25) is 5.41 Å². The third-order valence-corrected chi connectivity index (χ3v) is 1.08. The van der Waals surface area contributed by atoms with Crippen molar-refractivity contribution in [3.05, 3.63) is 11.2 Å². The minimum atomic E-state index is -0.152. The largest absolute Gasteiger partial charge is 0.393 e. The lowest BCUT2D eigenvalue weighted by Gasteiger charge is -1.89. The molecule has 0 aromatic rings. The summed E-state index contributed by atoms with van der Waals surface area (Å²) in [6, 6.07) is 0. The minimum absolute atomic E-state index is 0.152. The summed E-state index contributed by atoms with van der Waals surface area (Å²) >= 11 is 10.5. The molecule has 0 amide bonds. The summed E-state index contributed by atoms with van der Waals surface area (Å²) in [4.78, 5) is 0. The van der Waals surface area contributed by atoms with Gasteiger partial charge >= 0.3 is 0 Å². The lowest BCUT2D eigenvalue weighted by Crippen LogP contribution is -1.96. The maximum Gasteiger partial charge on any atom is 0.141 e. The first kappa shape index (κ1) is 7.79. The van der Waals surface area contributed by atoms with Gasteiger partial charge in [-0.1, -0.05) is 23.2 Å². The summed E-state index contributed by atoms with van der Waals surface area (Å²) in [7, 11) is 1.68. The fraction of sp³-hybridized carbons (Fsp3) is 0.250. The van der Waals surface area contributed by atoms with Crippen molar-refractivity contribution in [3.8, 4) is 0 Å². The monoisotopic (exact) mass is 152 g/mol. The Hall–Kier alpha value is -0.210. The number of allylic oxidation sites excluding steroid dienone is 1. The zero-order valence-electron chi connectivity index (χ0n) is 4.33. The molecule has 2 N–H and O–H groups in total. The maximum absolute atomic E-state index is 6.73. The number of halogens is 2. The lowest BCUT2D eigenvalue weighted by atomic mass is 10.6. The van der Waals surface area contributed by atoms with Crippen molar-refractivity contribution in [1.29, 1.82) is 5.41 Å². The highest BCUT2D eigenvalue weighted by Crippen LogP contribution is 2.03. The molecule has 0 saturated heterocycles. The van der Waals surface area contributed by atoms with E-state index in [1.807, 2.05) is 0 Å². The summed E-state index contributed by atoms with van der Waals surface area (Å²) in [6.45, 7) is 0. The molecule has 0 aliphatic heterocycles. The van der Waals surface area contributed by atoms with Crippen molar-refractivity contribution < 1.29 is 0 Å². The van der Waals surface area contributed by atoms with Crippen molar-refractivity contribution >= 4 is 28.4 Å². The molecular formula is C4H6Cl2N2. The van der Waals surface area contributed by atoms with Gasteiger partial charge in [0.15, 0.2) is 0 Å². The number of rotatable bonds is 2. The molecule has 0 saturated carbocycles. The van der Waals surface area contributed by atoms with Crippen LogP contribution in [-0.2, 0) is 0 Å². The third-order valence-electron chi connectivity index (χ3n) is 0.481. The molecule has 4 heteroatoms. The van der Waals surface area contributed by atoms with Gasteiger partial charge in [-0.05, 0) is 0 Å². The lowest BCUT2D eigenvalue weighted by molar-refractivity contribution is 1.10. The van der Waals surface area contributed by atoms with Crippen LogP contribution in [0.4, 0.5) is 0 Å². The van der Waals surface area contributed by atoms with Crippen LogP contribution in [-0.4, -0.2) is 12.2 Å². The fourth-order valence-electron chi connectivity index (χ4n) is 0.190. The van der Waals surface area contributed by atoms with Gasteiger partial charge in [0.1, 0.15) is 5.17 Å². The van der Waals surface area contributed by atoms with E-state index in [0.29, 0.717) is 0 Å². The van der Waals surface area contributed by atoms with E-state index in [1.165, 1.54) is 6.20 Å². The second kappa shape index (κ2) is 3.75. The zero-order valence-corrected chi connectivity index (χ0v) is 5.85. The van der Waals surface area contributed by atoms with E-state index in [1.54, 1.807) is 7.05 Å². The van der Waals surface area contributed by atoms with Gasteiger partial charge in [0.2, 0.25) is 0 Å². The van der Waals surface area contributed by atoms with E-state index in [2.05, 4.69) is 5.32 Å². The van der Waals surface area contributed by atoms with Crippen LogP contribution in [0.5, 0.6) is 0 Å². The highest BCUT2D eigenvalue weighted by atomic mass is 35.5. The summed E-state index contributed by atoms with van der Waals surface area (Å²) < 4.78 is 0. The van der Waals surface area contributed by atoms with Gasteiger partial charge in [0.25, 0.3) is 0 Å². The van der Waals surface area contributed by atoms with E-state index < -0.39 is 0 Å². The van der Waals surface area contributed by atoms with Crippen LogP contribution >= 0.6 is 23.2 Å². The molecule has 0 spiro atoms. The van der Waals surface area contributed by atoms with Gasteiger partial charge in [0.05, 0.1) is 5.03 Å². The Morgan fingerprint density at radius 2 is 2.12 bits per heavy atom. The molecule has 0 aliphatic rings. The standard InChI is InChI=1S/C4H6Cl2N2/c1-8-2-3(5)4(6)7/h2,7-8H,1H3/b3-2+,7-4?. The van der Waals surface area contributed by atoms with Crippen molar-refractivity contribution in [2.75, 3.05) is 7.05 Å². The normalized spacial score (nSPS) is 11.1. The fourth-order valence-corrected chi connectivity index (χ4v) is 0.354. The predicted octanol–water partition coefficient (Wildman–Crippen LogP) is 1.50. The van der Waals surface area contributed by atoms with Crippen LogP contribution in [0.1, 0.15) is 0 Å². The van der Waals surface area contributed by atoms with Crippen molar-refractivity contribution in [2.45, 2.75) is 0 Å². The highest BCUT2D eigenvalue weighted by molar-refractivity contribution is 6.75. The first-order chi connectivity index (χ1) is 3.68. The molecule has 8 heavy (non-hydrogen) atoms. The van der Waals surface area contributed by atoms with E-state index in [9.17, 15) is 0 Å². The minimum Gasteiger partial charge on any atom is -0.393 e. The smallest absolute Gasteiger partial charge is 0.141 e. The molecule has 0 fully saturated rings. The molecule has 2 nitrogen and oxygen atoms in total. The molecule has 0 rings (SSSR count). The number of hydrogen-bond donors (Lipinski definition) is 2. The van der Waals surface area contributed by atoms with E-state index >= 15 is 0 Å². The Morgan fingerprint density at radius 3 is 2.25 bits per heavy atom.